The zero-order chi connectivity index (χ0) is 22.7. The number of fused-ring (bicyclic) bond motifs is 2. The standard InChI is InChI=1S/C22H25Br2N3O2.C2H4/c1-12(28)27-6-4-13(5-7-27)17-10-20-14(8-15(23)11-26-20)2-3-16-18(17)9-19(25)22(29)21(16)24;1-2/h8-9,11,20,26,29H,2-7,10,25H2,1H3;1-2H2. The van der Waals surface area contributed by atoms with Gasteiger partial charge in [0.05, 0.1) is 16.2 Å². The van der Waals surface area contributed by atoms with E-state index in [1.165, 1.54) is 16.7 Å². The molecule has 0 radical (unpaired) electrons. The summed E-state index contributed by atoms with van der Waals surface area (Å²) in [5, 5.41) is 14.0. The number of allylic oxidation sites excluding steroid dienone is 2. The van der Waals surface area contributed by atoms with Gasteiger partial charge in [-0.05, 0) is 98.4 Å². The van der Waals surface area contributed by atoms with Crippen molar-refractivity contribution in [3.8, 4) is 5.75 Å². The second-order valence-electron chi connectivity index (χ2n) is 7.91. The van der Waals surface area contributed by atoms with E-state index in [0.717, 1.165) is 60.8 Å². The van der Waals surface area contributed by atoms with E-state index in [0.29, 0.717) is 10.2 Å². The number of nitrogens with two attached hydrogens (primary N) is 1. The maximum absolute atomic E-state index is 11.8. The molecule has 7 heteroatoms. The van der Waals surface area contributed by atoms with E-state index in [9.17, 15) is 9.90 Å². The molecule has 1 saturated heterocycles. The van der Waals surface area contributed by atoms with Crippen molar-refractivity contribution in [1.82, 2.24) is 10.2 Å². The van der Waals surface area contributed by atoms with Gasteiger partial charge in [0.1, 0.15) is 0 Å². The Kier molecular flexibility index (Phi) is 7.70. The Bertz CT molecular complexity index is 972. The lowest BCUT2D eigenvalue weighted by Crippen LogP contribution is -2.35. The molecule has 1 amide bonds. The van der Waals surface area contributed by atoms with Gasteiger partial charge in [-0.15, -0.1) is 13.2 Å². The summed E-state index contributed by atoms with van der Waals surface area (Å²) >= 11 is 7.18. The van der Waals surface area contributed by atoms with Crippen LogP contribution in [0.15, 0.2) is 51.6 Å². The zero-order valence-corrected chi connectivity index (χ0v) is 21.0. The van der Waals surface area contributed by atoms with Gasteiger partial charge >= 0.3 is 0 Å². The zero-order valence-electron chi connectivity index (χ0n) is 17.8. The molecule has 2 heterocycles. The monoisotopic (exact) mass is 549 g/mol. The Hall–Kier alpha value is -1.99. The number of carbonyl (C=O) groups excluding carboxylic acids is 1. The first-order valence-corrected chi connectivity index (χ1v) is 12.0. The number of hydrogen-bond acceptors (Lipinski definition) is 4. The van der Waals surface area contributed by atoms with Crippen LogP contribution in [0.3, 0.4) is 0 Å². The predicted molar refractivity (Wildman–Crippen MR) is 135 cm³/mol. The van der Waals surface area contributed by atoms with Crippen LogP contribution in [-0.4, -0.2) is 35.0 Å². The molecule has 166 valence electrons. The third-order valence-corrected chi connectivity index (χ3v) is 7.51. The van der Waals surface area contributed by atoms with Crippen molar-refractivity contribution in [3.63, 3.8) is 0 Å². The summed E-state index contributed by atoms with van der Waals surface area (Å²) in [6.07, 6.45) is 8.56. The first-order valence-electron chi connectivity index (χ1n) is 10.4. The number of piperidine rings is 1. The first-order chi connectivity index (χ1) is 14.8. The normalized spacial score (nSPS) is 20.6. The molecule has 4 rings (SSSR count). The largest absolute Gasteiger partial charge is 0.505 e. The number of phenolic OH excluding ortho intramolecular Hbond substituents is 1. The van der Waals surface area contributed by atoms with Gasteiger partial charge in [0, 0.05) is 30.7 Å². The molecule has 3 aliphatic rings. The van der Waals surface area contributed by atoms with E-state index in [1.807, 2.05) is 17.2 Å². The molecule has 0 spiro atoms. The summed E-state index contributed by atoms with van der Waals surface area (Å²) in [6.45, 7) is 9.14. The number of aromatic hydroxyl groups is 1. The van der Waals surface area contributed by atoms with Gasteiger partial charge in [-0.3, -0.25) is 4.79 Å². The van der Waals surface area contributed by atoms with Gasteiger partial charge in [-0.2, -0.15) is 0 Å². The second kappa shape index (κ2) is 10.1. The molecule has 0 saturated carbocycles. The minimum Gasteiger partial charge on any atom is -0.505 e. The number of hydrogen-bond donors (Lipinski definition) is 3. The van der Waals surface area contributed by atoms with Gasteiger partial charge in [0.15, 0.2) is 5.75 Å². The van der Waals surface area contributed by atoms with E-state index in [2.05, 4.69) is 56.4 Å². The molecule has 4 N–H and O–H groups in total. The van der Waals surface area contributed by atoms with Crippen molar-refractivity contribution < 1.29 is 9.90 Å². The van der Waals surface area contributed by atoms with Gasteiger partial charge in [0.25, 0.3) is 0 Å². The van der Waals surface area contributed by atoms with Crippen LogP contribution in [0.5, 0.6) is 5.75 Å². The van der Waals surface area contributed by atoms with E-state index in [-0.39, 0.29) is 17.7 Å². The highest BCUT2D eigenvalue weighted by atomic mass is 79.9. The molecule has 1 aromatic carbocycles. The molecular weight excluding hydrogens is 522 g/mol. The van der Waals surface area contributed by atoms with Crippen molar-refractivity contribution in [2.45, 2.75) is 45.1 Å². The smallest absolute Gasteiger partial charge is 0.219 e. The lowest BCUT2D eigenvalue weighted by Gasteiger charge is -2.34. The van der Waals surface area contributed by atoms with Gasteiger partial charge in [0.2, 0.25) is 5.91 Å². The fraction of sp³-hybridized carbons (Fsp3) is 0.375. The third-order valence-electron chi connectivity index (χ3n) is 6.20. The number of phenols is 1. The molecular formula is C24H29Br2N3O2. The lowest BCUT2D eigenvalue weighted by molar-refractivity contribution is -0.129. The number of dihydropyridines is 1. The Balaban J connectivity index is 0.00000132. The third kappa shape index (κ3) is 4.93. The van der Waals surface area contributed by atoms with E-state index >= 15 is 0 Å². The van der Waals surface area contributed by atoms with E-state index < -0.39 is 0 Å². The first kappa shape index (κ1) is 23.7. The molecule has 1 aromatic rings. The Labute approximate surface area is 201 Å². The summed E-state index contributed by atoms with van der Waals surface area (Å²) in [4.78, 5) is 13.7. The maximum atomic E-state index is 11.8. The van der Waals surface area contributed by atoms with Crippen molar-refractivity contribution in [2.24, 2.45) is 0 Å². The number of rotatable bonds is 0. The Morgan fingerprint density at radius 3 is 2.55 bits per heavy atom. The molecule has 0 bridgehead atoms. The van der Waals surface area contributed by atoms with Crippen LogP contribution in [0.2, 0.25) is 0 Å². The minimum absolute atomic E-state index is 0.119. The van der Waals surface area contributed by atoms with Crippen LogP contribution in [0.25, 0.3) is 5.57 Å². The number of nitrogens with zero attached hydrogens (tertiary/aromatic N) is 1. The summed E-state index contributed by atoms with van der Waals surface area (Å²) in [5.41, 5.74) is 12.8. The number of likely N-dealkylation sites (tertiary alicyclic amines) is 1. The van der Waals surface area contributed by atoms with Crippen molar-refractivity contribution in [1.29, 1.82) is 0 Å². The summed E-state index contributed by atoms with van der Waals surface area (Å²) in [5.74, 6) is 0.256. The average Bonchev–Trinajstić information content (AvgIpc) is 2.76. The maximum Gasteiger partial charge on any atom is 0.219 e. The van der Waals surface area contributed by atoms with E-state index in [4.69, 9.17) is 5.73 Å². The SMILES string of the molecule is C=C.CC(=O)N1CCC(=C2CC3NC=C(Br)C=C3CCc3c2cc(N)c(O)c3Br)CC1. The number of amides is 1. The van der Waals surface area contributed by atoms with Crippen LogP contribution in [0.4, 0.5) is 5.69 Å². The Morgan fingerprint density at radius 2 is 1.90 bits per heavy atom. The topological polar surface area (TPSA) is 78.6 Å². The molecule has 1 unspecified atom stereocenters. The van der Waals surface area contributed by atoms with Crippen LogP contribution >= 0.6 is 31.9 Å². The predicted octanol–water partition coefficient (Wildman–Crippen LogP) is 5.41. The highest BCUT2D eigenvalue weighted by Gasteiger charge is 2.29. The molecule has 2 aliphatic heterocycles. The summed E-state index contributed by atoms with van der Waals surface area (Å²) in [6, 6.07) is 2.17. The number of halogens is 2. The molecule has 0 aromatic heterocycles. The highest BCUT2D eigenvalue weighted by molar-refractivity contribution is 9.12. The fourth-order valence-electron chi connectivity index (χ4n) is 4.57. The van der Waals surface area contributed by atoms with Crippen molar-refractivity contribution in [3.05, 3.63) is 62.7 Å². The van der Waals surface area contributed by atoms with Crippen molar-refractivity contribution in [2.75, 3.05) is 18.8 Å². The Morgan fingerprint density at radius 1 is 1.23 bits per heavy atom. The van der Waals surface area contributed by atoms with Gasteiger partial charge < -0.3 is 21.1 Å². The van der Waals surface area contributed by atoms with Crippen LogP contribution in [-0.2, 0) is 11.2 Å². The number of nitrogens with one attached hydrogen (secondary N) is 1. The molecule has 1 atom stereocenters. The van der Waals surface area contributed by atoms with Gasteiger partial charge in [-0.25, -0.2) is 0 Å². The second-order valence-corrected chi connectivity index (χ2v) is 9.62. The van der Waals surface area contributed by atoms with Crippen LogP contribution in [0, 0.1) is 0 Å². The summed E-state index contributed by atoms with van der Waals surface area (Å²) < 4.78 is 1.75. The van der Waals surface area contributed by atoms with Crippen LogP contribution in [0.1, 0.15) is 43.7 Å². The van der Waals surface area contributed by atoms with Gasteiger partial charge in [-0.1, -0.05) is 5.57 Å². The quantitative estimate of drug-likeness (QED) is 0.229. The molecule has 5 nitrogen and oxygen atoms in total. The fourth-order valence-corrected chi connectivity index (χ4v) is 5.63. The molecule has 31 heavy (non-hydrogen) atoms. The number of anilines is 1. The lowest BCUT2D eigenvalue weighted by atomic mass is 9.80. The summed E-state index contributed by atoms with van der Waals surface area (Å²) in [7, 11) is 0. The number of benzene rings is 1. The molecule has 1 aliphatic carbocycles. The number of nitrogen functional groups attached to an aromatic ring is 1. The number of carbonyl (C=O) groups is 1. The molecule has 1 fully saturated rings. The minimum atomic E-state index is 0.119. The average molecular weight is 551 g/mol. The highest BCUT2D eigenvalue weighted by Crippen LogP contribution is 2.44. The van der Waals surface area contributed by atoms with E-state index in [1.54, 1.807) is 6.92 Å². The van der Waals surface area contributed by atoms with Crippen LogP contribution < -0.4 is 11.1 Å². The van der Waals surface area contributed by atoms with Crippen molar-refractivity contribution >= 4 is 49.0 Å².